The molecule has 104 valence electrons. The van der Waals surface area contributed by atoms with Gasteiger partial charge in [-0.15, -0.1) is 0 Å². The van der Waals surface area contributed by atoms with Crippen LogP contribution < -0.4 is 14.8 Å². The molecule has 0 aromatic heterocycles. The highest BCUT2D eigenvalue weighted by molar-refractivity contribution is 5.91. The van der Waals surface area contributed by atoms with Crippen LogP contribution in [0.5, 0.6) is 11.5 Å². The lowest BCUT2D eigenvalue weighted by Crippen LogP contribution is -2.20. The first-order valence-electron chi connectivity index (χ1n) is 6.31. The second-order valence-corrected chi connectivity index (χ2v) is 4.38. The SMILES string of the molecule is COc1ccc(NC(=O)COc2cccc(C)c2)cc1. The third kappa shape index (κ3) is 4.02. The van der Waals surface area contributed by atoms with E-state index in [-0.39, 0.29) is 12.5 Å². The fraction of sp³-hybridized carbons (Fsp3) is 0.188. The Labute approximate surface area is 118 Å². The lowest BCUT2D eigenvalue weighted by atomic mass is 10.2. The van der Waals surface area contributed by atoms with Crippen molar-refractivity contribution in [2.24, 2.45) is 0 Å². The molecule has 0 radical (unpaired) electrons. The van der Waals surface area contributed by atoms with Gasteiger partial charge in [-0.3, -0.25) is 4.79 Å². The van der Waals surface area contributed by atoms with E-state index in [1.54, 1.807) is 31.4 Å². The highest BCUT2D eigenvalue weighted by atomic mass is 16.5. The molecule has 4 heteroatoms. The first kappa shape index (κ1) is 13.9. The number of aryl methyl sites for hydroxylation is 1. The average molecular weight is 271 g/mol. The average Bonchev–Trinajstić information content (AvgIpc) is 2.46. The second-order valence-electron chi connectivity index (χ2n) is 4.38. The molecule has 0 aliphatic carbocycles. The molecule has 4 nitrogen and oxygen atoms in total. The van der Waals surface area contributed by atoms with Crippen molar-refractivity contribution in [1.82, 2.24) is 0 Å². The summed E-state index contributed by atoms with van der Waals surface area (Å²) in [6, 6.07) is 14.7. The van der Waals surface area contributed by atoms with E-state index in [0.717, 1.165) is 11.3 Å². The van der Waals surface area contributed by atoms with Gasteiger partial charge in [0.2, 0.25) is 0 Å². The molecule has 0 saturated heterocycles. The first-order chi connectivity index (χ1) is 9.67. The van der Waals surface area contributed by atoms with Crippen molar-refractivity contribution in [3.8, 4) is 11.5 Å². The van der Waals surface area contributed by atoms with Crippen LogP contribution in [0.2, 0.25) is 0 Å². The van der Waals surface area contributed by atoms with Gasteiger partial charge in [-0.25, -0.2) is 0 Å². The lowest BCUT2D eigenvalue weighted by molar-refractivity contribution is -0.118. The largest absolute Gasteiger partial charge is 0.497 e. The van der Waals surface area contributed by atoms with Crippen LogP contribution in [0.25, 0.3) is 0 Å². The quantitative estimate of drug-likeness (QED) is 0.909. The molecule has 0 fully saturated rings. The number of ether oxygens (including phenoxy) is 2. The number of hydrogen-bond acceptors (Lipinski definition) is 3. The Balaban J connectivity index is 1.85. The maximum absolute atomic E-state index is 11.8. The summed E-state index contributed by atoms with van der Waals surface area (Å²) in [5.41, 5.74) is 1.81. The molecule has 0 heterocycles. The fourth-order valence-electron chi connectivity index (χ4n) is 1.73. The number of hydrogen-bond donors (Lipinski definition) is 1. The Kier molecular flexibility index (Phi) is 4.60. The van der Waals surface area contributed by atoms with Gasteiger partial charge in [-0.05, 0) is 48.9 Å². The van der Waals surface area contributed by atoms with Gasteiger partial charge in [-0.1, -0.05) is 12.1 Å². The van der Waals surface area contributed by atoms with Crippen molar-refractivity contribution in [2.75, 3.05) is 19.0 Å². The van der Waals surface area contributed by atoms with Gasteiger partial charge in [0.15, 0.2) is 6.61 Å². The maximum Gasteiger partial charge on any atom is 0.262 e. The van der Waals surface area contributed by atoms with Crippen LogP contribution in [0.1, 0.15) is 5.56 Å². The third-order valence-corrected chi connectivity index (χ3v) is 2.73. The summed E-state index contributed by atoms with van der Waals surface area (Å²) < 4.78 is 10.5. The number of carbonyl (C=O) groups is 1. The molecular formula is C16H17NO3. The molecule has 1 amide bonds. The van der Waals surface area contributed by atoms with Crippen LogP contribution in [-0.4, -0.2) is 19.6 Å². The Bertz CT molecular complexity index is 579. The van der Waals surface area contributed by atoms with Gasteiger partial charge in [0.1, 0.15) is 11.5 Å². The van der Waals surface area contributed by atoms with Crippen LogP contribution in [0.3, 0.4) is 0 Å². The van der Waals surface area contributed by atoms with Crippen LogP contribution in [0.4, 0.5) is 5.69 Å². The molecule has 2 rings (SSSR count). The zero-order valence-electron chi connectivity index (χ0n) is 11.6. The monoisotopic (exact) mass is 271 g/mol. The number of methoxy groups -OCH3 is 1. The van der Waals surface area contributed by atoms with E-state index >= 15 is 0 Å². The van der Waals surface area contributed by atoms with Gasteiger partial charge in [0, 0.05) is 5.69 Å². The van der Waals surface area contributed by atoms with E-state index in [0.29, 0.717) is 11.4 Å². The zero-order chi connectivity index (χ0) is 14.4. The fourth-order valence-corrected chi connectivity index (χ4v) is 1.73. The predicted molar refractivity (Wildman–Crippen MR) is 78.3 cm³/mol. The minimum Gasteiger partial charge on any atom is -0.497 e. The molecule has 2 aromatic carbocycles. The molecular weight excluding hydrogens is 254 g/mol. The van der Waals surface area contributed by atoms with Crippen LogP contribution in [-0.2, 0) is 4.79 Å². The number of anilines is 1. The normalized spacial score (nSPS) is 9.90. The molecule has 20 heavy (non-hydrogen) atoms. The Morgan fingerprint density at radius 1 is 1.10 bits per heavy atom. The number of nitrogens with one attached hydrogen (secondary N) is 1. The van der Waals surface area contributed by atoms with Gasteiger partial charge in [-0.2, -0.15) is 0 Å². The van der Waals surface area contributed by atoms with Crippen molar-refractivity contribution in [3.63, 3.8) is 0 Å². The summed E-state index contributed by atoms with van der Waals surface area (Å²) in [5.74, 6) is 1.24. The topological polar surface area (TPSA) is 47.6 Å². The summed E-state index contributed by atoms with van der Waals surface area (Å²) in [6.07, 6.45) is 0. The Hall–Kier alpha value is -2.49. The lowest BCUT2D eigenvalue weighted by Gasteiger charge is -2.08. The number of amides is 1. The molecule has 2 aromatic rings. The second kappa shape index (κ2) is 6.61. The summed E-state index contributed by atoms with van der Waals surface area (Å²) in [6.45, 7) is 1.96. The van der Waals surface area contributed by atoms with Crippen molar-refractivity contribution >= 4 is 11.6 Å². The van der Waals surface area contributed by atoms with Gasteiger partial charge < -0.3 is 14.8 Å². The third-order valence-electron chi connectivity index (χ3n) is 2.73. The van der Waals surface area contributed by atoms with Crippen LogP contribution in [0, 0.1) is 6.92 Å². The van der Waals surface area contributed by atoms with Crippen molar-refractivity contribution in [1.29, 1.82) is 0 Å². The van der Waals surface area contributed by atoms with Crippen LogP contribution >= 0.6 is 0 Å². The van der Waals surface area contributed by atoms with E-state index in [1.165, 1.54) is 0 Å². The molecule has 0 aliphatic heterocycles. The molecule has 0 atom stereocenters. The number of carbonyl (C=O) groups excluding carboxylic acids is 1. The van der Waals surface area contributed by atoms with Crippen molar-refractivity contribution in [2.45, 2.75) is 6.92 Å². The summed E-state index contributed by atoms with van der Waals surface area (Å²) in [5, 5.41) is 2.76. The Morgan fingerprint density at radius 2 is 1.85 bits per heavy atom. The van der Waals surface area contributed by atoms with E-state index in [9.17, 15) is 4.79 Å². The number of benzene rings is 2. The zero-order valence-corrected chi connectivity index (χ0v) is 11.6. The molecule has 0 aliphatic rings. The minimum absolute atomic E-state index is 0.0184. The molecule has 0 saturated carbocycles. The van der Waals surface area contributed by atoms with Crippen LogP contribution in [0.15, 0.2) is 48.5 Å². The van der Waals surface area contributed by atoms with Gasteiger partial charge in [0.05, 0.1) is 7.11 Å². The van der Waals surface area contributed by atoms with Crippen molar-refractivity contribution in [3.05, 3.63) is 54.1 Å². The molecule has 0 unspecified atom stereocenters. The molecule has 0 spiro atoms. The van der Waals surface area contributed by atoms with Gasteiger partial charge in [0.25, 0.3) is 5.91 Å². The summed E-state index contributed by atoms with van der Waals surface area (Å²) in [7, 11) is 1.60. The van der Waals surface area contributed by atoms with E-state index in [4.69, 9.17) is 9.47 Å². The first-order valence-corrected chi connectivity index (χ1v) is 6.31. The highest BCUT2D eigenvalue weighted by Crippen LogP contribution is 2.15. The predicted octanol–water partition coefficient (Wildman–Crippen LogP) is 3.02. The van der Waals surface area contributed by atoms with E-state index < -0.39 is 0 Å². The van der Waals surface area contributed by atoms with Crippen molar-refractivity contribution < 1.29 is 14.3 Å². The van der Waals surface area contributed by atoms with E-state index in [1.807, 2.05) is 31.2 Å². The Morgan fingerprint density at radius 3 is 2.50 bits per heavy atom. The number of rotatable bonds is 5. The molecule has 1 N–H and O–H groups in total. The highest BCUT2D eigenvalue weighted by Gasteiger charge is 2.04. The standard InChI is InChI=1S/C16H17NO3/c1-12-4-3-5-15(10-12)20-11-16(18)17-13-6-8-14(19-2)9-7-13/h3-10H,11H2,1-2H3,(H,17,18). The minimum atomic E-state index is -0.198. The van der Waals surface area contributed by atoms with Gasteiger partial charge >= 0.3 is 0 Å². The smallest absolute Gasteiger partial charge is 0.262 e. The molecule has 0 bridgehead atoms. The maximum atomic E-state index is 11.8. The van der Waals surface area contributed by atoms with E-state index in [2.05, 4.69) is 5.32 Å². The summed E-state index contributed by atoms with van der Waals surface area (Å²) >= 11 is 0. The summed E-state index contributed by atoms with van der Waals surface area (Å²) in [4.78, 5) is 11.8.